The Labute approximate surface area is 143 Å². The molecule has 0 aliphatic carbocycles. The van der Waals surface area contributed by atoms with Gasteiger partial charge in [0, 0.05) is 23.2 Å². The van der Waals surface area contributed by atoms with E-state index < -0.39 is 0 Å². The number of aryl methyl sites for hydroxylation is 1. The standard InChI is InChI=1S/C17H14ClN3O3/c1-11-20-21-16(24-11)10-23-15-7-5-14(6-8-15)19-17(22)12-3-2-4-13(18)9-12/h2-9H,10H2,1H3,(H,19,22). The highest BCUT2D eigenvalue weighted by Gasteiger charge is 2.07. The number of nitrogens with zero attached hydrogens (tertiary/aromatic N) is 2. The van der Waals surface area contributed by atoms with Gasteiger partial charge in [-0.1, -0.05) is 17.7 Å². The summed E-state index contributed by atoms with van der Waals surface area (Å²) < 4.78 is 10.8. The lowest BCUT2D eigenvalue weighted by Crippen LogP contribution is -2.11. The van der Waals surface area contributed by atoms with Gasteiger partial charge in [-0.2, -0.15) is 0 Å². The fraction of sp³-hybridized carbons (Fsp3) is 0.118. The molecule has 3 rings (SSSR count). The minimum Gasteiger partial charge on any atom is -0.484 e. The Hall–Kier alpha value is -2.86. The van der Waals surface area contributed by atoms with Gasteiger partial charge in [0.15, 0.2) is 6.61 Å². The number of benzene rings is 2. The molecule has 1 heterocycles. The van der Waals surface area contributed by atoms with Crippen molar-refractivity contribution in [3.05, 3.63) is 70.9 Å². The Morgan fingerprint density at radius 3 is 2.67 bits per heavy atom. The van der Waals surface area contributed by atoms with Crippen molar-refractivity contribution >= 4 is 23.2 Å². The van der Waals surface area contributed by atoms with Crippen molar-refractivity contribution in [1.29, 1.82) is 0 Å². The molecule has 0 aliphatic heterocycles. The van der Waals surface area contributed by atoms with Gasteiger partial charge < -0.3 is 14.5 Å². The summed E-state index contributed by atoms with van der Waals surface area (Å²) in [5.41, 5.74) is 1.15. The quantitative estimate of drug-likeness (QED) is 0.761. The van der Waals surface area contributed by atoms with Gasteiger partial charge in [0.05, 0.1) is 0 Å². The first-order valence-electron chi connectivity index (χ1n) is 7.19. The second-order valence-electron chi connectivity index (χ2n) is 4.99. The molecule has 0 bridgehead atoms. The van der Waals surface area contributed by atoms with Crippen LogP contribution in [0.5, 0.6) is 5.75 Å². The fourth-order valence-electron chi connectivity index (χ4n) is 2.01. The predicted octanol–water partition coefficient (Wildman–Crippen LogP) is 3.86. The lowest BCUT2D eigenvalue weighted by atomic mass is 10.2. The number of rotatable bonds is 5. The topological polar surface area (TPSA) is 77.3 Å². The maximum Gasteiger partial charge on any atom is 0.255 e. The van der Waals surface area contributed by atoms with Gasteiger partial charge in [0.25, 0.3) is 11.8 Å². The van der Waals surface area contributed by atoms with Crippen molar-refractivity contribution in [3.8, 4) is 5.75 Å². The van der Waals surface area contributed by atoms with E-state index in [9.17, 15) is 4.79 Å². The maximum atomic E-state index is 12.1. The summed E-state index contributed by atoms with van der Waals surface area (Å²) in [7, 11) is 0. The molecule has 2 aromatic carbocycles. The number of nitrogens with one attached hydrogen (secondary N) is 1. The molecule has 1 aromatic heterocycles. The summed E-state index contributed by atoms with van der Waals surface area (Å²) in [6.45, 7) is 1.91. The van der Waals surface area contributed by atoms with E-state index in [-0.39, 0.29) is 12.5 Å². The summed E-state index contributed by atoms with van der Waals surface area (Å²) in [5.74, 6) is 1.30. The number of halogens is 1. The highest BCUT2D eigenvalue weighted by atomic mass is 35.5. The summed E-state index contributed by atoms with van der Waals surface area (Å²) >= 11 is 5.89. The lowest BCUT2D eigenvalue weighted by Gasteiger charge is -2.07. The third-order valence-electron chi connectivity index (χ3n) is 3.13. The Morgan fingerprint density at radius 2 is 2.00 bits per heavy atom. The van der Waals surface area contributed by atoms with Crippen LogP contribution in [-0.4, -0.2) is 16.1 Å². The third-order valence-corrected chi connectivity index (χ3v) is 3.36. The van der Waals surface area contributed by atoms with Gasteiger partial charge in [-0.3, -0.25) is 4.79 Å². The molecule has 1 N–H and O–H groups in total. The molecule has 1 amide bonds. The first kappa shape index (κ1) is 16.0. The van der Waals surface area contributed by atoms with E-state index in [0.29, 0.717) is 33.8 Å². The average molecular weight is 344 g/mol. The molecule has 3 aromatic rings. The highest BCUT2D eigenvalue weighted by molar-refractivity contribution is 6.31. The molecule has 0 saturated heterocycles. The second-order valence-corrected chi connectivity index (χ2v) is 5.43. The molecule has 0 fully saturated rings. The van der Waals surface area contributed by atoms with E-state index in [1.54, 1.807) is 55.5 Å². The zero-order chi connectivity index (χ0) is 16.9. The average Bonchev–Trinajstić information content (AvgIpc) is 3.00. The van der Waals surface area contributed by atoms with E-state index in [4.69, 9.17) is 20.8 Å². The molecule has 122 valence electrons. The van der Waals surface area contributed by atoms with E-state index >= 15 is 0 Å². The van der Waals surface area contributed by atoms with Crippen LogP contribution in [0.15, 0.2) is 52.9 Å². The van der Waals surface area contributed by atoms with Crippen LogP contribution in [0.4, 0.5) is 5.69 Å². The highest BCUT2D eigenvalue weighted by Crippen LogP contribution is 2.18. The number of anilines is 1. The lowest BCUT2D eigenvalue weighted by molar-refractivity contribution is 0.102. The van der Waals surface area contributed by atoms with Crippen molar-refractivity contribution in [2.45, 2.75) is 13.5 Å². The molecule has 7 heteroatoms. The summed E-state index contributed by atoms with van der Waals surface area (Å²) in [4.78, 5) is 12.1. The van der Waals surface area contributed by atoms with Crippen LogP contribution < -0.4 is 10.1 Å². The number of hydrogen-bond donors (Lipinski definition) is 1. The Kier molecular flexibility index (Phi) is 4.77. The van der Waals surface area contributed by atoms with E-state index in [1.165, 1.54) is 0 Å². The number of carbonyl (C=O) groups excluding carboxylic acids is 1. The SMILES string of the molecule is Cc1nnc(COc2ccc(NC(=O)c3cccc(Cl)c3)cc2)o1. The molecule has 24 heavy (non-hydrogen) atoms. The van der Waals surface area contributed by atoms with Crippen LogP contribution in [0.2, 0.25) is 5.02 Å². The molecule has 0 saturated carbocycles. The van der Waals surface area contributed by atoms with Crippen LogP contribution in [-0.2, 0) is 6.61 Å². The molecule has 0 unspecified atom stereocenters. The largest absolute Gasteiger partial charge is 0.484 e. The molecule has 0 radical (unpaired) electrons. The van der Waals surface area contributed by atoms with Gasteiger partial charge in [-0.05, 0) is 42.5 Å². The number of carbonyl (C=O) groups is 1. The monoisotopic (exact) mass is 343 g/mol. The van der Waals surface area contributed by atoms with Gasteiger partial charge in [-0.15, -0.1) is 10.2 Å². The zero-order valence-electron chi connectivity index (χ0n) is 12.8. The van der Waals surface area contributed by atoms with Gasteiger partial charge >= 0.3 is 0 Å². The van der Waals surface area contributed by atoms with Crippen molar-refractivity contribution in [2.75, 3.05) is 5.32 Å². The molecular weight excluding hydrogens is 330 g/mol. The van der Waals surface area contributed by atoms with Gasteiger partial charge in [0.2, 0.25) is 5.89 Å². The van der Waals surface area contributed by atoms with E-state index in [1.807, 2.05) is 0 Å². The third kappa shape index (κ3) is 4.11. The van der Waals surface area contributed by atoms with Crippen molar-refractivity contribution in [1.82, 2.24) is 10.2 Å². The normalized spacial score (nSPS) is 10.4. The van der Waals surface area contributed by atoms with Gasteiger partial charge in [-0.25, -0.2) is 0 Å². The van der Waals surface area contributed by atoms with Crippen LogP contribution in [0.3, 0.4) is 0 Å². The number of aromatic nitrogens is 2. The fourth-order valence-corrected chi connectivity index (χ4v) is 2.20. The zero-order valence-corrected chi connectivity index (χ0v) is 13.6. The van der Waals surface area contributed by atoms with Crippen LogP contribution in [0.25, 0.3) is 0 Å². The maximum absolute atomic E-state index is 12.1. The number of ether oxygens (including phenoxy) is 1. The molecule has 0 aliphatic rings. The Bertz CT molecular complexity index is 846. The van der Waals surface area contributed by atoms with E-state index in [2.05, 4.69) is 15.5 Å². The summed E-state index contributed by atoms with van der Waals surface area (Å²) in [6, 6.07) is 13.7. The number of amides is 1. The van der Waals surface area contributed by atoms with Crippen molar-refractivity contribution in [2.24, 2.45) is 0 Å². The molecule has 0 spiro atoms. The smallest absolute Gasteiger partial charge is 0.255 e. The van der Waals surface area contributed by atoms with E-state index in [0.717, 1.165) is 0 Å². The Balaban J connectivity index is 1.59. The van der Waals surface area contributed by atoms with Crippen molar-refractivity contribution < 1.29 is 13.9 Å². The van der Waals surface area contributed by atoms with Gasteiger partial charge in [0.1, 0.15) is 5.75 Å². The summed E-state index contributed by atoms with van der Waals surface area (Å²) in [5, 5.41) is 10.9. The molecule has 0 atom stereocenters. The Morgan fingerprint density at radius 1 is 1.21 bits per heavy atom. The predicted molar refractivity (Wildman–Crippen MR) is 89.2 cm³/mol. The molecular formula is C17H14ClN3O3. The minimum absolute atomic E-state index is 0.190. The summed E-state index contributed by atoms with van der Waals surface area (Å²) in [6.07, 6.45) is 0. The number of hydrogen-bond acceptors (Lipinski definition) is 5. The van der Waals surface area contributed by atoms with Crippen LogP contribution in [0.1, 0.15) is 22.1 Å². The first-order chi connectivity index (χ1) is 11.6. The van der Waals surface area contributed by atoms with Crippen LogP contribution in [0, 0.1) is 6.92 Å². The molecule has 6 nitrogen and oxygen atoms in total. The second kappa shape index (κ2) is 7.14. The van der Waals surface area contributed by atoms with Crippen molar-refractivity contribution in [3.63, 3.8) is 0 Å². The first-order valence-corrected chi connectivity index (χ1v) is 7.57. The van der Waals surface area contributed by atoms with Crippen LogP contribution >= 0.6 is 11.6 Å². The minimum atomic E-state index is -0.229.